The minimum absolute atomic E-state index is 0.0859. The van der Waals surface area contributed by atoms with Gasteiger partial charge in [-0.15, -0.1) is 0 Å². The van der Waals surface area contributed by atoms with Gasteiger partial charge in [-0.3, -0.25) is 4.79 Å². The van der Waals surface area contributed by atoms with Crippen molar-refractivity contribution < 1.29 is 14.3 Å². The zero-order valence-electron chi connectivity index (χ0n) is 16.1. The van der Waals surface area contributed by atoms with Gasteiger partial charge >= 0.3 is 0 Å². The van der Waals surface area contributed by atoms with Gasteiger partial charge in [-0.1, -0.05) is 18.2 Å². The first-order valence-electron chi connectivity index (χ1n) is 9.24. The molecule has 1 heterocycles. The highest BCUT2D eigenvalue weighted by Gasteiger charge is 2.24. The maximum absolute atomic E-state index is 12.5. The molecule has 1 fully saturated rings. The number of nitrogens with one attached hydrogen (secondary N) is 2. The quantitative estimate of drug-likeness (QED) is 0.753. The van der Waals surface area contributed by atoms with Crippen LogP contribution in [0.4, 0.5) is 5.69 Å². The molecule has 0 radical (unpaired) electrons. The summed E-state index contributed by atoms with van der Waals surface area (Å²) in [5.74, 6) is 1.46. The molecule has 148 valence electrons. The van der Waals surface area contributed by atoms with E-state index in [2.05, 4.69) is 10.6 Å². The number of anilines is 1. The molecular formula is C21H25N3O3S. The Morgan fingerprint density at radius 3 is 2.43 bits per heavy atom. The number of carbonyl (C=O) groups is 1. The van der Waals surface area contributed by atoms with Crippen LogP contribution in [-0.2, 0) is 0 Å². The summed E-state index contributed by atoms with van der Waals surface area (Å²) in [6, 6.07) is 15.1. The monoisotopic (exact) mass is 399 g/mol. The fourth-order valence-corrected chi connectivity index (χ4v) is 3.51. The largest absolute Gasteiger partial charge is 0.497 e. The molecule has 1 saturated heterocycles. The summed E-state index contributed by atoms with van der Waals surface area (Å²) < 4.78 is 10.6. The average Bonchev–Trinajstić information content (AvgIpc) is 2.74. The zero-order valence-corrected chi connectivity index (χ0v) is 16.9. The van der Waals surface area contributed by atoms with Crippen LogP contribution in [0.2, 0.25) is 0 Å². The maximum Gasteiger partial charge on any atom is 0.253 e. The Morgan fingerprint density at radius 2 is 1.79 bits per heavy atom. The third-order valence-corrected chi connectivity index (χ3v) is 5.01. The van der Waals surface area contributed by atoms with Crippen LogP contribution in [0.15, 0.2) is 48.5 Å². The Kier molecular flexibility index (Phi) is 6.71. The van der Waals surface area contributed by atoms with Gasteiger partial charge in [0.1, 0.15) is 11.5 Å². The standard InChI is InChI=1S/C21H25N3O3S/c1-26-17-8-9-18(19(14-17)27-2)23-21(28)22-16-10-12-24(13-11-16)20(25)15-6-4-3-5-7-15/h3-9,14,16H,10-13H2,1-2H3,(H2,22,23,28). The third kappa shape index (κ3) is 4.92. The average molecular weight is 400 g/mol. The number of thiocarbonyl (C=S) groups is 1. The normalized spacial score (nSPS) is 14.3. The Balaban J connectivity index is 1.51. The van der Waals surface area contributed by atoms with Gasteiger partial charge in [-0.05, 0) is 49.3 Å². The van der Waals surface area contributed by atoms with Crippen LogP contribution in [0.5, 0.6) is 11.5 Å². The van der Waals surface area contributed by atoms with E-state index in [-0.39, 0.29) is 11.9 Å². The van der Waals surface area contributed by atoms with E-state index in [0.717, 1.165) is 29.8 Å². The molecule has 0 spiro atoms. The molecule has 6 nitrogen and oxygen atoms in total. The van der Waals surface area contributed by atoms with Gasteiger partial charge in [0.2, 0.25) is 0 Å². The minimum atomic E-state index is 0.0859. The lowest BCUT2D eigenvalue weighted by molar-refractivity contribution is 0.0710. The Bertz CT molecular complexity index is 821. The van der Waals surface area contributed by atoms with Crippen LogP contribution >= 0.6 is 12.2 Å². The van der Waals surface area contributed by atoms with Crippen molar-refractivity contribution in [3.8, 4) is 11.5 Å². The second-order valence-electron chi connectivity index (χ2n) is 6.60. The fourth-order valence-electron chi connectivity index (χ4n) is 3.24. The van der Waals surface area contributed by atoms with Crippen LogP contribution in [0.1, 0.15) is 23.2 Å². The molecule has 2 N–H and O–H groups in total. The van der Waals surface area contributed by atoms with E-state index in [1.165, 1.54) is 0 Å². The van der Waals surface area contributed by atoms with Crippen LogP contribution in [0, 0.1) is 0 Å². The lowest BCUT2D eigenvalue weighted by atomic mass is 10.0. The molecule has 0 aliphatic carbocycles. The van der Waals surface area contributed by atoms with Crippen LogP contribution < -0.4 is 20.1 Å². The van der Waals surface area contributed by atoms with Crippen molar-refractivity contribution in [2.75, 3.05) is 32.6 Å². The van der Waals surface area contributed by atoms with E-state index in [1.807, 2.05) is 47.4 Å². The highest BCUT2D eigenvalue weighted by atomic mass is 32.1. The van der Waals surface area contributed by atoms with E-state index in [9.17, 15) is 4.79 Å². The Hall–Kier alpha value is -2.80. The number of nitrogens with zero attached hydrogens (tertiary/aromatic N) is 1. The van der Waals surface area contributed by atoms with E-state index in [1.54, 1.807) is 20.3 Å². The van der Waals surface area contributed by atoms with Crippen molar-refractivity contribution in [2.24, 2.45) is 0 Å². The Morgan fingerprint density at radius 1 is 1.07 bits per heavy atom. The second kappa shape index (κ2) is 9.41. The van der Waals surface area contributed by atoms with Gasteiger partial charge in [0, 0.05) is 30.8 Å². The number of ether oxygens (including phenoxy) is 2. The number of methoxy groups -OCH3 is 2. The minimum Gasteiger partial charge on any atom is -0.497 e. The topological polar surface area (TPSA) is 62.8 Å². The number of amides is 1. The van der Waals surface area contributed by atoms with E-state index < -0.39 is 0 Å². The Labute approximate surface area is 170 Å². The lowest BCUT2D eigenvalue weighted by Gasteiger charge is -2.33. The molecule has 0 bridgehead atoms. The molecule has 3 rings (SSSR count). The molecule has 0 atom stereocenters. The van der Waals surface area contributed by atoms with Crippen molar-refractivity contribution in [3.63, 3.8) is 0 Å². The highest BCUT2D eigenvalue weighted by Crippen LogP contribution is 2.29. The SMILES string of the molecule is COc1ccc(NC(=S)NC2CCN(C(=O)c3ccccc3)CC2)c(OC)c1. The smallest absolute Gasteiger partial charge is 0.253 e. The molecule has 2 aromatic rings. The van der Waals surface area contributed by atoms with Crippen molar-refractivity contribution in [3.05, 3.63) is 54.1 Å². The van der Waals surface area contributed by atoms with Crippen molar-refractivity contribution in [1.82, 2.24) is 10.2 Å². The molecule has 0 unspecified atom stereocenters. The lowest BCUT2D eigenvalue weighted by Crippen LogP contribution is -2.47. The van der Waals surface area contributed by atoms with E-state index >= 15 is 0 Å². The number of hydrogen-bond acceptors (Lipinski definition) is 4. The number of rotatable bonds is 5. The van der Waals surface area contributed by atoms with Gasteiger partial charge in [-0.25, -0.2) is 0 Å². The maximum atomic E-state index is 12.5. The molecule has 1 amide bonds. The van der Waals surface area contributed by atoms with Crippen molar-refractivity contribution in [1.29, 1.82) is 0 Å². The third-order valence-electron chi connectivity index (χ3n) is 4.80. The molecule has 2 aromatic carbocycles. The number of carbonyl (C=O) groups excluding carboxylic acids is 1. The molecular weight excluding hydrogens is 374 g/mol. The van der Waals surface area contributed by atoms with Gasteiger partial charge in [0.05, 0.1) is 19.9 Å². The van der Waals surface area contributed by atoms with Crippen LogP contribution in [0.3, 0.4) is 0 Å². The van der Waals surface area contributed by atoms with Gasteiger partial charge < -0.3 is 25.0 Å². The fraction of sp³-hybridized carbons (Fsp3) is 0.333. The first-order valence-corrected chi connectivity index (χ1v) is 9.65. The summed E-state index contributed by atoms with van der Waals surface area (Å²) in [5, 5.41) is 7.06. The van der Waals surface area contributed by atoms with E-state index in [4.69, 9.17) is 21.7 Å². The molecule has 0 saturated carbocycles. The number of hydrogen-bond donors (Lipinski definition) is 2. The number of benzene rings is 2. The van der Waals surface area contributed by atoms with Crippen molar-refractivity contribution in [2.45, 2.75) is 18.9 Å². The predicted molar refractivity (Wildman–Crippen MR) is 114 cm³/mol. The molecule has 7 heteroatoms. The number of likely N-dealkylation sites (tertiary alicyclic amines) is 1. The first kappa shape index (κ1) is 19.9. The van der Waals surface area contributed by atoms with Crippen LogP contribution in [-0.4, -0.2) is 49.3 Å². The zero-order chi connectivity index (χ0) is 19.9. The summed E-state index contributed by atoms with van der Waals surface area (Å²) in [6.07, 6.45) is 1.69. The predicted octanol–water partition coefficient (Wildman–Crippen LogP) is 3.30. The van der Waals surface area contributed by atoms with E-state index in [0.29, 0.717) is 24.0 Å². The molecule has 28 heavy (non-hydrogen) atoms. The van der Waals surface area contributed by atoms with Gasteiger partial charge in [-0.2, -0.15) is 0 Å². The van der Waals surface area contributed by atoms with Crippen LogP contribution in [0.25, 0.3) is 0 Å². The summed E-state index contributed by atoms with van der Waals surface area (Å²) in [5.41, 5.74) is 1.51. The summed E-state index contributed by atoms with van der Waals surface area (Å²) >= 11 is 5.45. The summed E-state index contributed by atoms with van der Waals surface area (Å²) in [7, 11) is 3.22. The second-order valence-corrected chi connectivity index (χ2v) is 7.01. The van der Waals surface area contributed by atoms with Gasteiger partial charge in [0.25, 0.3) is 5.91 Å². The highest BCUT2D eigenvalue weighted by molar-refractivity contribution is 7.80. The summed E-state index contributed by atoms with van der Waals surface area (Å²) in [6.45, 7) is 1.42. The van der Waals surface area contributed by atoms with Gasteiger partial charge in [0.15, 0.2) is 5.11 Å². The number of piperidine rings is 1. The van der Waals surface area contributed by atoms with Crippen molar-refractivity contribution >= 4 is 28.9 Å². The summed E-state index contributed by atoms with van der Waals surface area (Å²) in [4.78, 5) is 14.4. The molecule has 0 aromatic heterocycles. The molecule has 1 aliphatic heterocycles. The first-order chi connectivity index (χ1) is 13.6. The molecule has 1 aliphatic rings.